The van der Waals surface area contributed by atoms with Crippen LogP contribution in [0.4, 0.5) is 0 Å². The normalized spacial score (nSPS) is 30.9. The number of nitrogens with zero attached hydrogens (tertiary/aromatic N) is 2. The van der Waals surface area contributed by atoms with Gasteiger partial charge in [-0.1, -0.05) is 12.8 Å². The number of ether oxygens (including phenoxy) is 1. The van der Waals surface area contributed by atoms with Crippen molar-refractivity contribution in [2.24, 2.45) is 30.5 Å². The summed E-state index contributed by atoms with van der Waals surface area (Å²) in [7, 11) is 1.85. The van der Waals surface area contributed by atoms with E-state index in [1.165, 1.54) is 19.3 Å². The number of primary amides is 1. The highest BCUT2D eigenvalue weighted by molar-refractivity contribution is 5.93. The number of rotatable bonds is 5. The summed E-state index contributed by atoms with van der Waals surface area (Å²) in [5.74, 6) is 1.87. The van der Waals surface area contributed by atoms with Crippen LogP contribution < -0.4 is 5.73 Å². The molecule has 2 aliphatic carbocycles. The van der Waals surface area contributed by atoms with Crippen LogP contribution in [-0.4, -0.2) is 28.4 Å². The molecular formula is C17H27N3O2. The summed E-state index contributed by atoms with van der Waals surface area (Å²) in [6.07, 6.45) is 7.02. The maximum atomic E-state index is 11.7. The lowest BCUT2D eigenvalue weighted by atomic mass is 9.85. The second-order valence-corrected chi connectivity index (χ2v) is 7.21. The lowest BCUT2D eigenvalue weighted by Crippen LogP contribution is -2.24. The van der Waals surface area contributed by atoms with E-state index in [1.807, 2.05) is 7.05 Å². The Morgan fingerprint density at radius 3 is 2.95 bits per heavy atom. The Morgan fingerprint density at radius 2 is 2.27 bits per heavy atom. The number of amides is 1. The third-order valence-corrected chi connectivity index (χ3v) is 5.44. The third kappa shape index (κ3) is 2.78. The van der Waals surface area contributed by atoms with Crippen molar-refractivity contribution >= 4 is 5.91 Å². The van der Waals surface area contributed by atoms with E-state index in [9.17, 15) is 4.79 Å². The molecule has 0 saturated heterocycles. The molecule has 122 valence electrons. The van der Waals surface area contributed by atoms with Crippen molar-refractivity contribution in [3.05, 3.63) is 17.5 Å². The third-order valence-electron chi connectivity index (χ3n) is 5.44. The fourth-order valence-electron chi connectivity index (χ4n) is 4.55. The Labute approximate surface area is 132 Å². The van der Waals surface area contributed by atoms with E-state index in [1.54, 1.807) is 10.9 Å². The van der Waals surface area contributed by atoms with Gasteiger partial charge in [0.25, 0.3) is 5.91 Å². The molecule has 4 unspecified atom stereocenters. The van der Waals surface area contributed by atoms with Crippen molar-refractivity contribution in [3.63, 3.8) is 0 Å². The summed E-state index contributed by atoms with van der Waals surface area (Å²) < 4.78 is 7.65. The van der Waals surface area contributed by atoms with Gasteiger partial charge in [-0.05, 0) is 44.4 Å². The largest absolute Gasteiger partial charge is 0.378 e. The monoisotopic (exact) mass is 305 g/mol. The average molecular weight is 305 g/mol. The van der Waals surface area contributed by atoms with Crippen LogP contribution in [0.2, 0.25) is 0 Å². The number of hydrogen-bond donors (Lipinski definition) is 1. The Hall–Kier alpha value is -1.36. The first-order valence-corrected chi connectivity index (χ1v) is 8.42. The van der Waals surface area contributed by atoms with Gasteiger partial charge in [0.2, 0.25) is 0 Å². The summed E-state index contributed by atoms with van der Waals surface area (Å²) in [4.78, 5) is 11.7. The number of aryl methyl sites for hydroxylation is 1. The first kappa shape index (κ1) is 15.5. The first-order valence-electron chi connectivity index (χ1n) is 8.42. The number of hydrogen-bond acceptors (Lipinski definition) is 3. The van der Waals surface area contributed by atoms with Gasteiger partial charge in [-0.15, -0.1) is 0 Å². The van der Waals surface area contributed by atoms with Crippen molar-refractivity contribution in [1.29, 1.82) is 0 Å². The van der Waals surface area contributed by atoms with E-state index in [4.69, 9.17) is 10.5 Å². The molecule has 0 radical (unpaired) electrons. The topological polar surface area (TPSA) is 70.1 Å². The predicted octanol–water partition coefficient (Wildman–Crippen LogP) is 2.46. The Balaban J connectivity index is 1.89. The van der Waals surface area contributed by atoms with Crippen LogP contribution in [0.15, 0.2) is 6.20 Å². The first-order chi connectivity index (χ1) is 10.5. The van der Waals surface area contributed by atoms with Crippen LogP contribution in [-0.2, 0) is 11.8 Å². The minimum absolute atomic E-state index is 0.237. The fourth-order valence-corrected chi connectivity index (χ4v) is 4.55. The number of carbonyl (C=O) groups is 1. The van der Waals surface area contributed by atoms with Crippen LogP contribution in [0.1, 0.15) is 61.5 Å². The molecule has 0 aromatic carbocycles. The van der Waals surface area contributed by atoms with E-state index in [0.717, 1.165) is 24.6 Å². The second-order valence-electron chi connectivity index (χ2n) is 7.21. The zero-order valence-electron chi connectivity index (χ0n) is 13.8. The number of aromatic nitrogens is 2. The molecule has 2 N–H and O–H groups in total. The van der Waals surface area contributed by atoms with Gasteiger partial charge in [-0.25, -0.2) is 0 Å². The Kier molecular flexibility index (Phi) is 4.26. The van der Waals surface area contributed by atoms with Crippen molar-refractivity contribution in [2.45, 2.75) is 51.6 Å². The zero-order chi connectivity index (χ0) is 15.9. The van der Waals surface area contributed by atoms with E-state index >= 15 is 0 Å². The van der Waals surface area contributed by atoms with Crippen molar-refractivity contribution in [2.75, 3.05) is 6.61 Å². The van der Waals surface area contributed by atoms with Gasteiger partial charge in [0.1, 0.15) is 0 Å². The highest BCUT2D eigenvalue weighted by Gasteiger charge is 2.47. The molecule has 2 saturated carbocycles. The summed E-state index contributed by atoms with van der Waals surface area (Å²) in [5, 5.41) is 4.58. The Morgan fingerprint density at radius 1 is 1.50 bits per heavy atom. The van der Waals surface area contributed by atoms with Gasteiger partial charge in [0.15, 0.2) is 0 Å². The van der Waals surface area contributed by atoms with Gasteiger partial charge in [0.05, 0.1) is 24.0 Å². The molecule has 22 heavy (non-hydrogen) atoms. The minimum Gasteiger partial charge on any atom is -0.378 e. The summed E-state index contributed by atoms with van der Waals surface area (Å²) in [6, 6.07) is 0. The maximum absolute atomic E-state index is 11.7. The molecule has 0 spiro atoms. The van der Waals surface area contributed by atoms with Crippen molar-refractivity contribution in [1.82, 2.24) is 9.78 Å². The molecule has 1 heterocycles. The molecule has 5 nitrogen and oxygen atoms in total. The predicted molar refractivity (Wildman–Crippen MR) is 84.5 cm³/mol. The molecular weight excluding hydrogens is 278 g/mol. The van der Waals surface area contributed by atoms with Crippen molar-refractivity contribution in [3.8, 4) is 0 Å². The van der Waals surface area contributed by atoms with Crippen LogP contribution in [0.5, 0.6) is 0 Å². The maximum Gasteiger partial charge on any atom is 0.252 e. The molecule has 0 bridgehead atoms. The highest BCUT2D eigenvalue weighted by atomic mass is 16.5. The fraction of sp³-hybridized carbons (Fsp3) is 0.765. The summed E-state index contributed by atoms with van der Waals surface area (Å²) >= 11 is 0. The Bertz CT molecular complexity index is 552. The lowest BCUT2D eigenvalue weighted by molar-refractivity contribution is 0.0349. The van der Waals surface area contributed by atoms with Gasteiger partial charge < -0.3 is 10.5 Å². The van der Waals surface area contributed by atoms with Crippen LogP contribution in [0.3, 0.4) is 0 Å². The van der Waals surface area contributed by atoms with E-state index in [0.29, 0.717) is 23.3 Å². The van der Waals surface area contributed by atoms with Gasteiger partial charge in [-0.3, -0.25) is 9.48 Å². The molecule has 4 atom stereocenters. The van der Waals surface area contributed by atoms with Gasteiger partial charge in [0, 0.05) is 19.2 Å². The van der Waals surface area contributed by atoms with Crippen molar-refractivity contribution < 1.29 is 9.53 Å². The van der Waals surface area contributed by atoms with Crippen LogP contribution in [0, 0.1) is 17.8 Å². The van der Waals surface area contributed by atoms with Crippen LogP contribution >= 0.6 is 0 Å². The smallest absolute Gasteiger partial charge is 0.252 e. The van der Waals surface area contributed by atoms with E-state index in [-0.39, 0.29) is 12.0 Å². The molecule has 3 rings (SSSR count). The van der Waals surface area contributed by atoms with Crippen LogP contribution in [0.25, 0.3) is 0 Å². The number of carbonyl (C=O) groups excluding carboxylic acids is 1. The average Bonchev–Trinajstić information content (AvgIpc) is 3.09. The molecule has 1 amide bonds. The molecule has 0 aliphatic heterocycles. The second kappa shape index (κ2) is 6.03. The number of fused-ring (bicyclic) bond motifs is 1. The molecule has 2 aliphatic rings. The quantitative estimate of drug-likeness (QED) is 0.908. The minimum atomic E-state index is -0.372. The summed E-state index contributed by atoms with van der Waals surface area (Å²) in [5.41, 5.74) is 7.03. The molecule has 1 aromatic heterocycles. The highest BCUT2D eigenvalue weighted by Crippen LogP contribution is 2.54. The molecule has 5 heteroatoms. The van der Waals surface area contributed by atoms with E-state index < -0.39 is 0 Å². The SMILES string of the molecule is CC(C)OCC1C(c2nn(C)cc2C(N)=O)CC2CCCC21. The van der Waals surface area contributed by atoms with Gasteiger partial charge in [-0.2, -0.15) is 5.10 Å². The number of nitrogens with two attached hydrogens (primary N) is 1. The standard InChI is InChI=1S/C17H27N3O2/c1-10(2)22-9-15-12-6-4-5-11(12)7-13(15)16-14(17(18)21)8-20(3)19-16/h8,10-13,15H,4-7,9H2,1-3H3,(H2,18,21). The van der Waals surface area contributed by atoms with E-state index in [2.05, 4.69) is 18.9 Å². The van der Waals surface area contributed by atoms with Gasteiger partial charge >= 0.3 is 0 Å². The lowest BCUT2D eigenvalue weighted by Gasteiger charge is -2.24. The summed E-state index contributed by atoms with van der Waals surface area (Å²) in [6.45, 7) is 4.91. The molecule has 1 aromatic rings. The molecule has 2 fully saturated rings. The zero-order valence-corrected chi connectivity index (χ0v) is 13.8.